The maximum Gasteiger partial charge on any atom is 0.292 e. The molecular formula is C11H9N5O3. The van der Waals surface area contributed by atoms with Crippen molar-refractivity contribution in [2.24, 2.45) is 0 Å². The van der Waals surface area contributed by atoms with Crippen LogP contribution in [0.3, 0.4) is 0 Å². The lowest BCUT2D eigenvalue weighted by Crippen LogP contribution is -2.07. The molecule has 19 heavy (non-hydrogen) atoms. The van der Waals surface area contributed by atoms with Crippen molar-refractivity contribution in [1.82, 2.24) is 10.1 Å². The van der Waals surface area contributed by atoms with Crippen molar-refractivity contribution in [3.05, 3.63) is 46.1 Å². The number of nitrogens with zero attached hydrogens (tertiary/aromatic N) is 4. The zero-order valence-corrected chi connectivity index (χ0v) is 9.74. The van der Waals surface area contributed by atoms with E-state index in [-0.39, 0.29) is 5.69 Å². The van der Waals surface area contributed by atoms with Gasteiger partial charge in [-0.25, -0.2) is 0 Å². The average molecular weight is 259 g/mol. The molecule has 0 amide bonds. The van der Waals surface area contributed by atoms with Crippen molar-refractivity contribution in [2.75, 3.05) is 11.9 Å². The summed E-state index contributed by atoms with van der Waals surface area (Å²) in [6.45, 7) is 0.387. The van der Waals surface area contributed by atoms with Crippen LogP contribution >= 0.6 is 0 Å². The third-order valence-corrected chi connectivity index (χ3v) is 2.38. The minimum Gasteiger partial charge on any atom is -0.379 e. The Balaban J connectivity index is 2.09. The molecule has 0 fully saturated rings. The molecular weight excluding hydrogens is 250 g/mol. The summed E-state index contributed by atoms with van der Waals surface area (Å²) in [6.07, 6.45) is 1.72. The number of benzene rings is 1. The highest BCUT2D eigenvalue weighted by Gasteiger charge is 2.14. The summed E-state index contributed by atoms with van der Waals surface area (Å²) in [5.41, 5.74) is 0.569. The molecule has 8 heteroatoms. The molecule has 96 valence electrons. The minimum absolute atomic E-state index is 0.0791. The highest BCUT2D eigenvalue weighted by Crippen LogP contribution is 2.25. The molecule has 0 saturated heterocycles. The Kier molecular flexibility index (Phi) is 3.68. The van der Waals surface area contributed by atoms with Gasteiger partial charge in [-0.2, -0.15) is 10.2 Å². The van der Waals surface area contributed by atoms with E-state index in [2.05, 4.69) is 15.5 Å². The van der Waals surface area contributed by atoms with Crippen LogP contribution in [0.4, 0.5) is 11.4 Å². The smallest absolute Gasteiger partial charge is 0.292 e. The van der Waals surface area contributed by atoms with Gasteiger partial charge in [-0.1, -0.05) is 5.16 Å². The van der Waals surface area contributed by atoms with E-state index in [1.165, 1.54) is 24.5 Å². The Morgan fingerprint density at radius 1 is 1.53 bits per heavy atom. The van der Waals surface area contributed by atoms with E-state index in [4.69, 9.17) is 9.78 Å². The third kappa shape index (κ3) is 3.04. The molecule has 1 aromatic carbocycles. The van der Waals surface area contributed by atoms with Gasteiger partial charge in [-0.05, 0) is 12.1 Å². The first-order chi connectivity index (χ1) is 9.20. The van der Waals surface area contributed by atoms with E-state index in [0.717, 1.165) is 0 Å². The monoisotopic (exact) mass is 259 g/mol. The summed E-state index contributed by atoms with van der Waals surface area (Å²) >= 11 is 0. The second-order valence-corrected chi connectivity index (χ2v) is 3.61. The van der Waals surface area contributed by atoms with Crippen LogP contribution in [0.5, 0.6) is 0 Å². The molecule has 0 spiro atoms. The van der Waals surface area contributed by atoms with Crippen molar-refractivity contribution in [3.63, 3.8) is 0 Å². The average Bonchev–Trinajstić information content (AvgIpc) is 2.91. The topological polar surface area (TPSA) is 118 Å². The van der Waals surface area contributed by atoms with Crippen LogP contribution in [-0.4, -0.2) is 21.6 Å². The number of hydrogen-bond acceptors (Lipinski definition) is 7. The van der Waals surface area contributed by atoms with Crippen molar-refractivity contribution >= 4 is 11.4 Å². The molecule has 0 aliphatic rings. The van der Waals surface area contributed by atoms with Crippen LogP contribution in [0.25, 0.3) is 0 Å². The summed E-state index contributed by atoms with van der Waals surface area (Å²) in [5.74, 6) is 0.437. The normalized spacial score (nSPS) is 9.84. The predicted octanol–water partition coefficient (Wildman–Crippen LogP) is 1.50. The molecule has 2 rings (SSSR count). The van der Waals surface area contributed by atoms with Crippen LogP contribution in [0.2, 0.25) is 0 Å². The lowest BCUT2D eigenvalue weighted by atomic mass is 10.2. The third-order valence-electron chi connectivity index (χ3n) is 2.38. The highest BCUT2D eigenvalue weighted by atomic mass is 16.6. The van der Waals surface area contributed by atoms with Crippen LogP contribution in [0.15, 0.2) is 29.0 Å². The molecule has 0 radical (unpaired) electrons. The summed E-state index contributed by atoms with van der Waals surface area (Å²) in [7, 11) is 0. The Hall–Kier alpha value is -2.95. The molecule has 0 unspecified atom stereocenters. The number of nitro benzene ring substituents is 1. The number of rotatable bonds is 5. The zero-order chi connectivity index (χ0) is 13.7. The Morgan fingerprint density at radius 2 is 2.37 bits per heavy atom. The Morgan fingerprint density at radius 3 is 3.00 bits per heavy atom. The van der Waals surface area contributed by atoms with Crippen molar-refractivity contribution < 1.29 is 9.45 Å². The summed E-state index contributed by atoms with van der Waals surface area (Å²) in [6, 6.07) is 6.07. The zero-order valence-electron chi connectivity index (χ0n) is 9.74. The molecule has 0 saturated carbocycles. The molecule has 1 heterocycles. The quantitative estimate of drug-likeness (QED) is 0.638. The first-order valence-corrected chi connectivity index (χ1v) is 5.38. The minimum atomic E-state index is -0.504. The largest absolute Gasteiger partial charge is 0.379 e. The lowest BCUT2D eigenvalue weighted by molar-refractivity contribution is -0.384. The second-order valence-electron chi connectivity index (χ2n) is 3.61. The van der Waals surface area contributed by atoms with Crippen LogP contribution in [0.1, 0.15) is 11.5 Å². The van der Waals surface area contributed by atoms with Gasteiger partial charge in [0.1, 0.15) is 5.69 Å². The van der Waals surface area contributed by atoms with Crippen LogP contribution in [0, 0.1) is 21.4 Å². The van der Waals surface area contributed by atoms with Gasteiger partial charge in [-0.3, -0.25) is 10.1 Å². The SMILES string of the molecule is N#Cc1ccc([N+](=O)[O-])c(NCCc2ncno2)c1. The van der Waals surface area contributed by atoms with E-state index in [1.807, 2.05) is 6.07 Å². The lowest BCUT2D eigenvalue weighted by Gasteiger charge is -2.05. The molecule has 0 aliphatic heterocycles. The van der Waals surface area contributed by atoms with E-state index < -0.39 is 4.92 Å². The van der Waals surface area contributed by atoms with Crippen LogP contribution in [-0.2, 0) is 6.42 Å². The molecule has 1 aromatic heterocycles. The first-order valence-electron chi connectivity index (χ1n) is 5.38. The fourth-order valence-electron chi connectivity index (χ4n) is 1.52. The van der Waals surface area contributed by atoms with E-state index >= 15 is 0 Å². The van der Waals surface area contributed by atoms with Crippen molar-refractivity contribution in [1.29, 1.82) is 5.26 Å². The number of nitro groups is 1. The number of nitriles is 1. The maximum atomic E-state index is 10.9. The van der Waals surface area contributed by atoms with E-state index in [9.17, 15) is 10.1 Å². The van der Waals surface area contributed by atoms with Gasteiger partial charge in [0.05, 0.1) is 16.6 Å². The molecule has 0 bridgehead atoms. The fraction of sp³-hybridized carbons (Fsp3) is 0.182. The van der Waals surface area contributed by atoms with Gasteiger partial charge in [-0.15, -0.1) is 0 Å². The summed E-state index contributed by atoms with van der Waals surface area (Å²) in [5, 5.41) is 26.0. The van der Waals surface area contributed by atoms with Gasteiger partial charge in [0.2, 0.25) is 5.89 Å². The van der Waals surface area contributed by atoms with Gasteiger partial charge in [0.15, 0.2) is 6.33 Å². The number of hydrogen-bond donors (Lipinski definition) is 1. The number of nitrogens with one attached hydrogen (secondary N) is 1. The van der Waals surface area contributed by atoms with Gasteiger partial charge in [0.25, 0.3) is 5.69 Å². The predicted molar refractivity (Wildman–Crippen MR) is 64.3 cm³/mol. The van der Waals surface area contributed by atoms with Gasteiger partial charge < -0.3 is 9.84 Å². The van der Waals surface area contributed by atoms with Gasteiger partial charge in [0, 0.05) is 19.0 Å². The molecule has 0 aliphatic carbocycles. The first kappa shape index (κ1) is 12.5. The van der Waals surface area contributed by atoms with Crippen LogP contribution < -0.4 is 5.32 Å². The van der Waals surface area contributed by atoms with Crippen molar-refractivity contribution in [3.8, 4) is 6.07 Å². The molecule has 8 nitrogen and oxygen atoms in total. The second kappa shape index (κ2) is 5.59. The Labute approximate surface area is 107 Å². The van der Waals surface area contributed by atoms with Crippen molar-refractivity contribution in [2.45, 2.75) is 6.42 Å². The maximum absolute atomic E-state index is 10.9. The van der Waals surface area contributed by atoms with E-state index in [0.29, 0.717) is 30.1 Å². The highest BCUT2D eigenvalue weighted by molar-refractivity contribution is 5.64. The van der Waals surface area contributed by atoms with Gasteiger partial charge >= 0.3 is 0 Å². The number of aromatic nitrogens is 2. The summed E-state index contributed by atoms with van der Waals surface area (Å²) in [4.78, 5) is 14.2. The molecule has 1 N–H and O–H groups in total. The van der Waals surface area contributed by atoms with E-state index in [1.54, 1.807) is 0 Å². The summed E-state index contributed by atoms with van der Waals surface area (Å²) < 4.78 is 4.81. The Bertz CT molecular complexity index is 618. The number of anilines is 1. The fourth-order valence-corrected chi connectivity index (χ4v) is 1.52. The standard InChI is InChI=1S/C11H9N5O3/c12-6-8-1-2-10(16(17)18)9(5-8)13-4-3-11-14-7-15-19-11/h1-2,5,7,13H,3-4H2. The molecule has 2 aromatic rings. The molecule has 0 atom stereocenters.